The molecule has 6 heteroatoms. The van der Waals surface area contributed by atoms with E-state index in [2.05, 4.69) is 180 Å². The molecule has 0 N–H and O–H groups in total. The van der Waals surface area contributed by atoms with E-state index >= 15 is 0 Å². The van der Waals surface area contributed by atoms with Crippen molar-refractivity contribution in [3.05, 3.63) is 218 Å². The zero-order chi connectivity index (χ0) is 45.2. The van der Waals surface area contributed by atoms with Crippen molar-refractivity contribution in [1.29, 1.82) is 0 Å². The maximum Gasteiger partial charge on any atom is 0.167 e. The van der Waals surface area contributed by atoms with Gasteiger partial charge >= 0.3 is 0 Å². The average Bonchev–Trinajstić information content (AvgIpc) is 4.09. The number of fused-ring (bicyclic) bond motifs is 13. The van der Waals surface area contributed by atoms with Gasteiger partial charge in [0, 0.05) is 55.1 Å². The second kappa shape index (κ2) is 14.6. The summed E-state index contributed by atoms with van der Waals surface area (Å²) in [7, 11) is 0. The van der Waals surface area contributed by atoms with Gasteiger partial charge in [-0.25, -0.2) is 15.0 Å². The third-order valence-electron chi connectivity index (χ3n) is 14.0. The maximum atomic E-state index is 6.98. The zero-order valence-corrected chi connectivity index (χ0v) is 36.9. The Morgan fingerprint density at radius 2 is 0.942 bits per heavy atom. The molecule has 0 fully saturated rings. The van der Waals surface area contributed by atoms with Crippen LogP contribution in [0.15, 0.2) is 227 Å². The molecule has 0 radical (unpaired) electrons. The predicted octanol–water partition coefficient (Wildman–Crippen LogP) is 16.9. The van der Waals surface area contributed by atoms with Gasteiger partial charge in [0.2, 0.25) is 0 Å². The molecule has 0 saturated heterocycles. The molecule has 0 spiro atoms. The minimum atomic E-state index is 0.524. The van der Waals surface area contributed by atoms with Crippen LogP contribution in [-0.2, 0) is 0 Å². The summed E-state index contributed by atoms with van der Waals surface area (Å²) in [4.78, 5) is 15.9. The number of hydrogen-bond acceptors (Lipinski definition) is 5. The lowest BCUT2D eigenvalue weighted by molar-refractivity contribution is 0.668. The monoisotopic (exact) mass is 880 g/mol. The smallest absolute Gasteiger partial charge is 0.167 e. The Bertz CT molecular complexity index is 4620. The Kier molecular flexibility index (Phi) is 7.97. The number of furan rings is 2. The van der Waals surface area contributed by atoms with Crippen molar-refractivity contribution >= 4 is 98.0 Å². The number of aromatic nitrogens is 4. The van der Waals surface area contributed by atoms with E-state index in [0.29, 0.717) is 17.5 Å². The Morgan fingerprint density at radius 1 is 0.304 bits per heavy atom. The lowest BCUT2D eigenvalue weighted by Gasteiger charge is -2.15. The lowest BCUT2D eigenvalue weighted by atomic mass is 9.98. The van der Waals surface area contributed by atoms with Crippen LogP contribution < -0.4 is 0 Å². The van der Waals surface area contributed by atoms with Crippen LogP contribution in [0.5, 0.6) is 0 Å². The van der Waals surface area contributed by atoms with Gasteiger partial charge in [-0.15, -0.1) is 0 Å². The first-order chi connectivity index (χ1) is 34.2. The summed E-state index contributed by atoms with van der Waals surface area (Å²) in [5.74, 6) is 1.63. The van der Waals surface area contributed by atoms with Gasteiger partial charge in [-0.2, -0.15) is 0 Å². The van der Waals surface area contributed by atoms with Crippen molar-refractivity contribution in [3.63, 3.8) is 0 Å². The fraction of sp³-hybridized carbons (Fsp3) is 0. The van der Waals surface area contributed by atoms with Gasteiger partial charge in [-0.1, -0.05) is 164 Å². The fourth-order valence-electron chi connectivity index (χ4n) is 10.8. The molecule has 15 rings (SSSR count). The van der Waals surface area contributed by atoms with Crippen molar-refractivity contribution in [2.24, 2.45) is 0 Å². The van der Waals surface area contributed by atoms with Gasteiger partial charge in [-0.05, 0) is 86.4 Å². The highest BCUT2D eigenvalue weighted by Crippen LogP contribution is 2.45. The molecule has 11 aromatic carbocycles. The molecule has 69 heavy (non-hydrogen) atoms. The van der Waals surface area contributed by atoms with Gasteiger partial charge in [0.15, 0.2) is 17.5 Å². The van der Waals surface area contributed by atoms with E-state index in [4.69, 9.17) is 23.8 Å². The van der Waals surface area contributed by atoms with E-state index in [1.807, 2.05) is 42.5 Å². The summed E-state index contributed by atoms with van der Waals surface area (Å²) in [6.45, 7) is 0. The van der Waals surface area contributed by atoms with Crippen LogP contribution in [0.1, 0.15) is 0 Å². The third-order valence-corrected chi connectivity index (χ3v) is 14.0. The second-order valence-corrected chi connectivity index (χ2v) is 17.9. The molecule has 0 saturated carbocycles. The van der Waals surface area contributed by atoms with Gasteiger partial charge < -0.3 is 13.4 Å². The number of hydrogen-bond donors (Lipinski definition) is 0. The Hall–Kier alpha value is -9.39. The number of benzene rings is 11. The molecule has 320 valence electrons. The molecule has 0 bridgehead atoms. The minimum Gasteiger partial charge on any atom is -0.456 e. The molecule has 4 heterocycles. The molecule has 0 atom stereocenters. The highest BCUT2D eigenvalue weighted by atomic mass is 16.3. The van der Waals surface area contributed by atoms with Crippen molar-refractivity contribution in [2.45, 2.75) is 0 Å². The first-order valence-electron chi connectivity index (χ1n) is 23.2. The van der Waals surface area contributed by atoms with Crippen molar-refractivity contribution in [2.75, 3.05) is 0 Å². The van der Waals surface area contributed by atoms with Gasteiger partial charge in [0.25, 0.3) is 0 Å². The fourth-order valence-corrected chi connectivity index (χ4v) is 10.8. The molecule has 15 aromatic rings. The van der Waals surface area contributed by atoms with Crippen LogP contribution in [-0.4, -0.2) is 19.5 Å². The summed E-state index contributed by atoms with van der Waals surface area (Å²) in [5, 5.41) is 13.5. The van der Waals surface area contributed by atoms with Crippen LogP contribution >= 0.6 is 0 Å². The number of rotatable bonds is 5. The molecule has 0 unspecified atom stereocenters. The number of para-hydroxylation sites is 2. The molecule has 0 aliphatic heterocycles. The number of nitrogens with zero attached hydrogens (tertiary/aromatic N) is 4. The normalized spacial score (nSPS) is 12.1. The SMILES string of the molecule is c1ccc(-c2cc3c(cc2-n2c4cc5ccccc5cc4c4c5ccccc5ccc42)oc2cccc(-c4nc(-c5ccc6ccccc6c5)nc(-c5cccc6c5oc5ccccc56)n4)c23)cc1. The summed E-state index contributed by atoms with van der Waals surface area (Å²) >= 11 is 0. The summed E-state index contributed by atoms with van der Waals surface area (Å²) in [6, 6.07) is 77.0. The van der Waals surface area contributed by atoms with E-state index in [1.54, 1.807) is 0 Å². The van der Waals surface area contributed by atoms with E-state index in [-0.39, 0.29) is 0 Å². The van der Waals surface area contributed by atoms with E-state index in [0.717, 1.165) is 99.2 Å². The molecular weight excluding hydrogens is 845 g/mol. The Labute approximate surface area is 394 Å². The van der Waals surface area contributed by atoms with Crippen LogP contribution in [0.25, 0.3) is 149 Å². The van der Waals surface area contributed by atoms with Crippen LogP contribution in [0.2, 0.25) is 0 Å². The maximum absolute atomic E-state index is 6.98. The van der Waals surface area contributed by atoms with Crippen molar-refractivity contribution < 1.29 is 8.83 Å². The first kappa shape index (κ1) is 37.8. The van der Waals surface area contributed by atoms with Crippen LogP contribution in [0.3, 0.4) is 0 Å². The van der Waals surface area contributed by atoms with E-state index < -0.39 is 0 Å². The molecule has 6 nitrogen and oxygen atoms in total. The summed E-state index contributed by atoms with van der Waals surface area (Å²) < 4.78 is 16.0. The molecule has 0 aliphatic carbocycles. The van der Waals surface area contributed by atoms with Gasteiger partial charge in [0.1, 0.15) is 22.3 Å². The van der Waals surface area contributed by atoms with Crippen molar-refractivity contribution in [1.82, 2.24) is 19.5 Å². The van der Waals surface area contributed by atoms with Crippen molar-refractivity contribution in [3.8, 4) is 51.0 Å². The highest BCUT2D eigenvalue weighted by Gasteiger charge is 2.24. The summed E-state index contributed by atoms with van der Waals surface area (Å²) in [5.41, 5.74) is 11.0. The minimum absolute atomic E-state index is 0.524. The summed E-state index contributed by atoms with van der Waals surface area (Å²) in [6.07, 6.45) is 0. The first-order valence-corrected chi connectivity index (χ1v) is 23.2. The predicted molar refractivity (Wildman–Crippen MR) is 283 cm³/mol. The Morgan fingerprint density at radius 3 is 1.80 bits per heavy atom. The molecule has 0 aliphatic rings. The third kappa shape index (κ3) is 5.76. The second-order valence-electron chi connectivity index (χ2n) is 17.9. The topological polar surface area (TPSA) is 69.9 Å². The van der Waals surface area contributed by atoms with Gasteiger partial charge in [0.05, 0.1) is 22.3 Å². The lowest BCUT2D eigenvalue weighted by Crippen LogP contribution is -2.01. The largest absolute Gasteiger partial charge is 0.456 e. The quantitative estimate of drug-likeness (QED) is 0.172. The average molecular weight is 881 g/mol. The molecular formula is C63H36N4O2. The molecule has 0 amide bonds. The standard InChI is InChI=1S/C63H36N4O2/c1-2-15-38(16-3-1)49-35-51-57(36-54(49)67-52-31-30-39-17-8-9-21-44(39)58(52)50-33-41-19-6-7-20-42(41)34-53(50)67)68-56-27-13-24-47(59(51)56)62-64-61(43-29-28-37-14-4-5-18-40(37)32-43)65-63(66-62)48-25-12-23-46-45-22-10-11-26-55(45)69-60(46)48/h1-36H. The Balaban J connectivity index is 1.01. The van der Waals surface area contributed by atoms with Gasteiger partial charge in [-0.3, -0.25) is 0 Å². The zero-order valence-electron chi connectivity index (χ0n) is 36.9. The molecule has 4 aromatic heterocycles. The highest BCUT2D eigenvalue weighted by molar-refractivity contribution is 6.24. The van der Waals surface area contributed by atoms with Crippen LogP contribution in [0.4, 0.5) is 0 Å². The van der Waals surface area contributed by atoms with Crippen LogP contribution in [0, 0.1) is 0 Å². The van der Waals surface area contributed by atoms with E-state index in [9.17, 15) is 0 Å². The van der Waals surface area contributed by atoms with E-state index in [1.165, 1.54) is 32.3 Å².